The van der Waals surface area contributed by atoms with Crippen molar-refractivity contribution in [2.75, 3.05) is 19.8 Å². The minimum atomic E-state index is -1.13. The van der Waals surface area contributed by atoms with E-state index in [1.807, 2.05) is 0 Å². The Balaban J connectivity index is 2.05. The molecule has 2 aromatic heterocycles. The van der Waals surface area contributed by atoms with E-state index in [1.54, 1.807) is 24.3 Å². The van der Waals surface area contributed by atoms with Gasteiger partial charge in [-0.2, -0.15) is 0 Å². The van der Waals surface area contributed by atoms with Crippen LogP contribution in [0.5, 0.6) is 0 Å². The quantitative estimate of drug-likeness (QED) is 0.366. The normalized spacial score (nSPS) is 11.0. The lowest BCUT2D eigenvalue weighted by Crippen LogP contribution is -2.29. The van der Waals surface area contributed by atoms with E-state index in [2.05, 4.69) is 20.9 Å². The molecule has 0 aliphatic rings. The van der Waals surface area contributed by atoms with Crippen LogP contribution < -0.4 is 5.56 Å². The molecule has 1 aromatic carbocycles. The summed E-state index contributed by atoms with van der Waals surface area (Å²) in [5.41, 5.74) is -0.597. The van der Waals surface area contributed by atoms with E-state index in [9.17, 15) is 14.0 Å². The first-order valence-corrected chi connectivity index (χ1v) is 10.2. The van der Waals surface area contributed by atoms with E-state index in [0.717, 1.165) is 4.57 Å². The van der Waals surface area contributed by atoms with Gasteiger partial charge in [0.15, 0.2) is 11.6 Å². The number of carbonyl (C=O) groups excluding carboxylic acids is 1. The fourth-order valence-corrected chi connectivity index (χ4v) is 3.36. The summed E-state index contributed by atoms with van der Waals surface area (Å²) < 4.78 is 36.1. The number of hydrogen-bond acceptors (Lipinski definition) is 5. The standard InChI is InChI=1S/C22H19BrF2N2O4/c23-15-5-4-14(19(24)10-15)9-17-18(20(29)13-31-8-7-28)12-27(22(30)21(17)25)11-16-3-1-2-6-26-16/h1-6,10,12,28H,7-9,11,13H2. The zero-order chi connectivity index (χ0) is 22.4. The Labute approximate surface area is 185 Å². The number of rotatable bonds is 9. The van der Waals surface area contributed by atoms with Crippen LogP contribution in [0.2, 0.25) is 0 Å². The molecule has 0 radical (unpaired) electrons. The number of ether oxygens (including phenoxy) is 1. The third kappa shape index (κ3) is 5.69. The number of hydrogen-bond donors (Lipinski definition) is 1. The zero-order valence-electron chi connectivity index (χ0n) is 16.4. The van der Waals surface area contributed by atoms with Crippen LogP contribution in [0.4, 0.5) is 8.78 Å². The molecule has 31 heavy (non-hydrogen) atoms. The molecule has 0 spiro atoms. The summed E-state index contributed by atoms with van der Waals surface area (Å²) >= 11 is 3.16. The van der Waals surface area contributed by atoms with Gasteiger partial charge in [0, 0.05) is 34.4 Å². The second-order valence-electron chi connectivity index (χ2n) is 6.70. The molecule has 6 nitrogen and oxygen atoms in total. The first-order valence-electron chi connectivity index (χ1n) is 9.38. The molecule has 0 fully saturated rings. The molecule has 0 aliphatic carbocycles. The number of benzene rings is 1. The van der Waals surface area contributed by atoms with Gasteiger partial charge < -0.3 is 14.4 Å². The Kier molecular flexibility index (Phi) is 7.78. The van der Waals surface area contributed by atoms with Crippen LogP contribution in [0.1, 0.15) is 27.2 Å². The summed E-state index contributed by atoms with van der Waals surface area (Å²) in [6.07, 6.45) is 2.50. The third-order valence-electron chi connectivity index (χ3n) is 4.53. The van der Waals surface area contributed by atoms with Gasteiger partial charge in [0.25, 0.3) is 5.56 Å². The van der Waals surface area contributed by atoms with Gasteiger partial charge in [-0.1, -0.05) is 28.1 Å². The number of aliphatic hydroxyl groups excluding tert-OH is 1. The van der Waals surface area contributed by atoms with Crippen molar-refractivity contribution < 1.29 is 23.4 Å². The average Bonchev–Trinajstić information content (AvgIpc) is 2.75. The molecule has 1 N–H and O–H groups in total. The van der Waals surface area contributed by atoms with E-state index < -0.39 is 29.6 Å². The topological polar surface area (TPSA) is 81.4 Å². The summed E-state index contributed by atoms with van der Waals surface area (Å²) in [5.74, 6) is -2.32. The number of aromatic nitrogens is 2. The van der Waals surface area contributed by atoms with E-state index >= 15 is 4.39 Å². The van der Waals surface area contributed by atoms with E-state index in [1.165, 1.54) is 24.5 Å². The molecule has 3 aromatic rings. The van der Waals surface area contributed by atoms with Crippen molar-refractivity contribution >= 4 is 21.7 Å². The zero-order valence-corrected chi connectivity index (χ0v) is 17.9. The van der Waals surface area contributed by atoms with Gasteiger partial charge in [-0.25, -0.2) is 8.78 Å². The van der Waals surface area contributed by atoms with E-state index in [-0.39, 0.29) is 42.9 Å². The molecule has 0 atom stereocenters. The lowest BCUT2D eigenvalue weighted by Gasteiger charge is -2.15. The molecule has 162 valence electrons. The summed E-state index contributed by atoms with van der Waals surface area (Å²) in [5, 5.41) is 8.85. The second kappa shape index (κ2) is 10.5. The van der Waals surface area contributed by atoms with Crippen LogP contribution in [0.25, 0.3) is 0 Å². The highest BCUT2D eigenvalue weighted by molar-refractivity contribution is 9.10. The Hall–Kier alpha value is -2.75. The molecule has 3 rings (SSSR count). The number of carbonyl (C=O) groups is 1. The summed E-state index contributed by atoms with van der Waals surface area (Å²) in [4.78, 5) is 29.5. The molecule has 0 saturated heterocycles. The van der Waals surface area contributed by atoms with Gasteiger partial charge in [-0.05, 0) is 29.8 Å². The molecule has 2 heterocycles. The smallest absolute Gasteiger partial charge is 0.287 e. The van der Waals surface area contributed by atoms with Crippen molar-refractivity contribution in [3.63, 3.8) is 0 Å². The molecule has 0 unspecified atom stereocenters. The molecule has 0 amide bonds. The van der Waals surface area contributed by atoms with Gasteiger partial charge >= 0.3 is 0 Å². The van der Waals surface area contributed by atoms with Crippen LogP contribution in [-0.2, 0) is 17.7 Å². The first kappa shape index (κ1) is 22.9. The van der Waals surface area contributed by atoms with Crippen LogP contribution >= 0.6 is 15.9 Å². The SMILES string of the molecule is O=C(COCCO)c1cn(Cc2ccccn2)c(=O)c(F)c1Cc1ccc(Br)cc1F. The maximum Gasteiger partial charge on any atom is 0.287 e. The monoisotopic (exact) mass is 492 g/mol. The fraction of sp³-hybridized carbons (Fsp3) is 0.227. The number of halogens is 3. The number of Topliss-reactive ketones (excluding diaryl/α,β-unsaturated/α-hetero) is 1. The largest absolute Gasteiger partial charge is 0.394 e. The maximum absolute atomic E-state index is 15.2. The van der Waals surface area contributed by atoms with Crippen molar-refractivity contribution in [1.82, 2.24) is 9.55 Å². The number of ketones is 1. The Bertz CT molecular complexity index is 1140. The molecular weight excluding hydrogens is 474 g/mol. The number of nitrogens with zero attached hydrogens (tertiary/aromatic N) is 2. The minimum Gasteiger partial charge on any atom is -0.394 e. The van der Waals surface area contributed by atoms with Gasteiger partial charge in [0.1, 0.15) is 12.4 Å². The van der Waals surface area contributed by atoms with Crippen molar-refractivity contribution in [3.05, 3.63) is 97.6 Å². The van der Waals surface area contributed by atoms with Gasteiger partial charge in [-0.15, -0.1) is 0 Å². The highest BCUT2D eigenvalue weighted by Crippen LogP contribution is 2.22. The Morgan fingerprint density at radius 2 is 2.03 bits per heavy atom. The lowest BCUT2D eigenvalue weighted by molar-refractivity contribution is 0.0662. The summed E-state index contributed by atoms with van der Waals surface area (Å²) in [6, 6.07) is 9.36. The van der Waals surface area contributed by atoms with Crippen LogP contribution in [0.3, 0.4) is 0 Å². The van der Waals surface area contributed by atoms with Crippen LogP contribution in [0, 0.1) is 11.6 Å². The van der Waals surface area contributed by atoms with Crippen molar-refractivity contribution in [2.45, 2.75) is 13.0 Å². The molecule has 0 bridgehead atoms. The average molecular weight is 493 g/mol. The Morgan fingerprint density at radius 1 is 1.23 bits per heavy atom. The van der Waals surface area contributed by atoms with Gasteiger partial charge in [0.2, 0.25) is 0 Å². The van der Waals surface area contributed by atoms with Crippen molar-refractivity contribution in [2.24, 2.45) is 0 Å². The first-order chi connectivity index (χ1) is 14.9. The fourth-order valence-electron chi connectivity index (χ4n) is 3.03. The Morgan fingerprint density at radius 3 is 2.71 bits per heavy atom. The predicted octanol–water partition coefficient (Wildman–Crippen LogP) is 3.11. The number of aliphatic hydroxyl groups is 1. The van der Waals surface area contributed by atoms with E-state index in [0.29, 0.717) is 10.2 Å². The molecule has 0 saturated carbocycles. The predicted molar refractivity (Wildman–Crippen MR) is 113 cm³/mol. The van der Waals surface area contributed by atoms with Crippen LogP contribution in [-0.4, -0.2) is 40.3 Å². The van der Waals surface area contributed by atoms with Crippen molar-refractivity contribution in [1.29, 1.82) is 0 Å². The lowest BCUT2D eigenvalue weighted by atomic mass is 9.98. The second-order valence-corrected chi connectivity index (χ2v) is 7.62. The third-order valence-corrected chi connectivity index (χ3v) is 5.03. The minimum absolute atomic E-state index is 0.0404. The maximum atomic E-state index is 15.2. The number of pyridine rings is 2. The molecule has 0 aliphatic heterocycles. The summed E-state index contributed by atoms with van der Waals surface area (Å²) in [6.45, 7) is -0.810. The van der Waals surface area contributed by atoms with Gasteiger partial charge in [0.05, 0.1) is 25.5 Å². The molecular formula is C22H19BrF2N2O4. The highest BCUT2D eigenvalue weighted by atomic mass is 79.9. The summed E-state index contributed by atoms with van der Waals surface area (Å²) in [7, 11) is 0. The molecule has 9 heteroatoms. The van der Waals surface area contributed by atoms with Gasteiger partial charge in [-0.3, -0.25) is 14.6 Å². The van der Waals surface area contributed by atoms with Crippen molar-refractivity contribution in [3.8, 4) is 0 Å². The highest BCUT2D eigenvalue weighted by Gasteiger charge is 2.22. The van der Waals surface area contributed by atoms with E-state index in [4.69, 9.17) is 9.84 Å². The van der Waals surface area contributed by atoms with Crippen LogP contribution in [0.15, 0.2) is 58.1 Å².